The Balaban J connectivity index is 0.000000207. The molecule has 1 heterocycles. The Morgan fingerprint density at radius 2 is 1.35 bits per heavy atom. The third-order valence-electron chi connectivity index (χ3n) is 9.75. The molecule has 2 aliphatic carbocycles. The number of alkyl carbamates (subject to hydrolysis) is 1. The van der Waals surface area contributed by atoms with Gasteiger partial charge in [-0.25, -0.2) is 14.4 Å². The summed E-state index contributed by atoms with van der Waals surface area (Å²) >= 11 is 0. The number of likely N-dealkylation sites (N-methyl/N-ethyl adjacent to an activating group) is 1. The zero-order chi connectivity index (χ0) is 44.0. The predicted molar refractivity (Wildman–Crippen MR) is 229 cm³/mol. The van der Waals surface area contributed by atoms with Crippen LogP contribution in [0.2, 0.25) is 0 Å². The van der Waals surface area contributed by atoms with Crippen LogP contribution in [0.15, 0.2) is 118 Å². The number of amides is 3. The van der Waals surface area contributed by atoms with Gasteiger partial charge < -0.3 is 44.1 Å². The lowest BCUT2D eigenvalue weighted by Gasteiger charge is -2.17. The van der Waals surface area contributed by atoms with Gasteiger partial charge in [0.15, 0.2) is 12.0 Å². The summed E-state index contributed by atoms with van der Waals surface area (Å²) in [5, 5.41) is 8.30. The van der Waals surface area contributed by atoms with Gasteiger partial charge in [0.1, 0.15) is 36.9 Å². The van der Waals surface area contributed by atoms with E-state index < -0.39 is 18.0 Å². The number of benzene rings is 5. The highest BCUT2D eigenvalue weighted by atomic mass is 16.6. The minimum absolute atomic E-state index is 0.000299. The molecule has 7 rings (SSSR count). The molecule has 3 aliphatic rings. The summed E-state index contributed by atoms with van der Waals surface area (Å²) in [6.07, 6.45) is -0.540. The van der Waals surface area contributed by atoms with Crippen molar-refractivity contribution < 1.29 is 52.1 Å². The highest BCUT2D eigenvalue weighted by Gasteiger charge is 2.29. The first-order chi connectivity index (χ1) is 30.1. The molecule has 15 nitrogen and oxygen atoms in total. The molecule has 0 unspecified atom stereocenters. The first-order valence-electron chi connectivity index (χ1n) is 19.7. The fraction of sp³-hybridized carbons (Fsp3) is 0.234. The molecule has 0 saturated carbocycles. The average molecular weight is 844 g/mol. The van der Waals surface area contributed by atoms with Crippen LogP contribution in [-0.2, 0) is 33.3 Å². The Labute approximate surface area is 356 Å². The van der Waals surface area contributed by atoms with Gasteiger partial charge in [-0.05, 0) is 65.1 Å². The number of fused-ring (bicyclic) bond motifs is 5. The van der Waals surface area contributed by atoms with Gasteiger partial charge in [-0.3, -0.25) is 14.4 Å². The second-order valence-corrected chi connectivity index (χ2v) is 13.7. The van der Waals surface area contributed by atoms with Crippen LogP contribution >= 0.6 is 0 Å². The molecule has 62 heavy (non-hydrogen) atoms. The van der Waals surface area contributed by atoms with E-state index in [0.717, 1.165) is 16.7 Å². The third kappa shape index (κ3) is 10.8. The van der Waals surface area contributed by atoms with Gasteiger partial charge in [-0.2, -0.15) is 0 Å². The number of carbonyl (C=O) groups excluding carboxylic acids is 5. The maximum atomic E-state index is 12.6. The van der Waals surface area contributed by atoms with E-state index in [-0.39, 0.29) is 69.3 Å². The van der Waals surface area contributed by atoms with Gasteiger partial charge in [0.05, 0.1) is 19.3 Å². The molecule has 1 aliphatic heterocycles. The number of esters is 2. The van der Waals surface area contributed by atoms with Crippen molar-refractivity contribution in [2.24, 2.45) is 0 Å². The molecule has 15 heteroatoms. The van der Waals surface area contributed by atoms with Crippen LogP contribution in [-0.4, -0.2) is 90.1 Å². The molecule has 0 aromatic heterocycles. The molecular formula is C47H45N3O12. The molecule has 0 spiro atoms. The van der Waals surface area contributed by atoms with Crippen molar-refractivity contribution in [2.45, 2.75) is 12.8 Å². The molecule has 3 amide bonds. The molecule has 0 atom stereocenters. The summed E-state index contributed by atoms with van der Waals surface area (Å²) < 4.78 is 31.7. The summed E-state index contributed by atoms with van der Waals surface area (Å²) in [6.45, 7) is 2.03. The lowest BCUT2D eigenvalue weighted by atomic mass is 9.91. The highest BCUT2D eigenvalue weighted by Crippen LogP contribution is 2.45. The predicted octanol–water partition coefficient (Wildman–Crippen LogP) is 5.70. The lowest BCUT2D eigenvalue weighted by molar-refractivity contribution is -0.143. The molecule has 4 aromatic carbocycles. The van der Waals surface area contributed by atoms with Crippen molar-refractivity contribution in [1.82, 2.24) is 16.0 Å². The number of carbonyl (C=O) groups is 5. The van der Waals surface area contributed by atoms with Crippen LogP contribution in [0, 0.1) is 0 Å². The number of hydrogen-bond donors (Lipinski definition) is 3. The van der Waals surface area contributed by atoms with Crippen LogP contribution in [0.5, 0.6) is 5.75 Å². The van der Waals surface area contributed by atoms with E-state index in [1.54, 1.807) is 43.3 Å². The number of nitrogens with one attached hydrogen (secondary N) is 3. The molecule has 0 bridgehead atoms. The van der Waals surface area contributed by atoms with Crippen molar-refractivity contribution in [3.8, 4) is 39.3 Å². The van der Waals surface area contributed by atoms with Gasteiger partial charge in [0, 0.05) is 54.7 Å². The Hall–Kier alpha value is -7.52. The van der Waals surface area contributed by atoms with Crippen LogP contribution in [0.3, 0.4) is 0 Å². The van der Waals surface area contributed by atoms with Gasteiger partial charge in [0.25, 0.3) is 0 Å². The monoisotopic (exact) mass is 843 g/mol. The van der Waals surface area contributed by atoms with Crippen molar-refractivity contribution >= 4 is 40.8 Å². The number of hydrogen-bond acceptors (Lipinski definition) is 12. The van der Waals surface area contributed by atoms with Crippen molar-refractivity contribution in [3.05, 3.63) is 136 Å². The maximum absolute atomic E-state index is 12.6. The van der Waals surface area contributed by atoms with Crippen LogP contribution in [0.4, 0.5) is 4.79 Å². The van der Waals surface area contributed by atoms with Crippen LogP contribution in [0.25, 0.3) is 44.5 Å². The SMILES string of the molecule is CCOC(=O)c1ccccc1-c1c2ccc(=O)cc-2oc2cc(OCC(=O)OC)ccc12.CNC(=O)COCC(=O)NCCNC(=O)OCC1c2ccccc2-c2ccccc21. The zero-order valence-electron chi connectivity index (χ0n) is 34.3. The van der Waals surface area contributed by atoms with Crippen LogP contribution in [0.1, 0.15) is 34.3 Å². The standard InChI is InChI=1S/C25H20O7.C22H25N3O5/c1-3-30-25(28)18-7-5-4-6-17(18)24-19-10-8-15(26)12-21(19)32-22-13-16(9-11-20(22)24)31-14-23(27)29-2;1-23-20(26)13-29-14-21(27)24-10-11-25-22(28)30-12-19-17-8-4-2-6-15(17)16-7-3-5-9-18(16)19/h4-13H,3,14H2,1-2H3;2-9,19H,10-14H2,1H3,(H,23,26)(H,24,27)(H,25,28). The van der Waals surface area contributed by atoms with Gasteiger partial charge in [0.2, 0.25) is 11.8 Å². The Bertz CT molecular complexity index is 2560. The van der Waals surface area contributed by atoms with E-state index in [2.05, 4.69) is 45.0 Å². The third-order valence-corrected chi connectivity index (χ3v) is 9.75. The van der Waals surface area contributed by atoms with E-state index in [1.807, 2.05) is 36.4 Å². The first kappa shape index (κ1) is 44.0. The van der Waals surface area contributed by atoms with Gasteiger partial charge in [-0.1, -0.05) is 66.7 Å². The lowest BCUT2D eigenvalue weighted by Crippen LogP contribution is -2.37. The van der Waals surface area contributed by atoms with E-state index in [0.29, 0.717) is 39.2 Å². The normalized spacial score (nSPS) is 11.3. The Morgan fingerprint density at radius 3 is 2.05 bits per heavy atom. The van der Waals surface area contributed by atoms with E-state index in [9.17, 15) is 28.8 Å². The van der Waals surface area contributed by atoms with E-state index in [4.69, 9.17) is 23.4 Å². The summed E-state index contributed by atoms with van der Waals surface area (Å²) in [4.78, 5) is 70.6. The van der Waals surface area contributed by atoms with E-state index >= 15 is 0 Å². The van der Waals surface area contributed by atoms with Crippen molar-refractivity contribution in [2.75, 3.05) is 60.3 Å². The summed E-state index contributed by atoms with van der Waals surface area (Å²) in [6, 6.07) is 33.0. The zero-order valence-corrected chi connectivity index (χ0v) is 34.3. The van der Waals surface area contributed by atoms with Crippen molar-refractivity contribution in [1.29, 1.82) is 0 Å². The van der Waals surface area contributed by atoms with E-state index in [1.165, 1.54) is 37.4 Å². The molecule has 0 saturated heterocycles. The maximum Gasteiger partial charge on any atom is 0.407 e. The number of methoxy groups -OCH3 is 1. The first-order valence-corrected chi connectivity index (χ1v) is 19.7. The minimum atomic E-state index is -0.540. The van der Waals surface area contributed by atoms with Crippen molar-refractivity contribution in [3.63, 3.8) is 0 Å². The molecular weight excluding hydrogens is 799 g/mol. The highest BCUT2D eigenvalue weighted by molar-refractivity contribution is 6.08. The number of rotatable bonds is 15. The Kier molecular flexibility index (Phi) is 15.0. The average Bonchev–Trinajstić information content (AvgIpc) is 3.61. The number of ether oxygens (including phenoxy) is 5. The quantitative estimate of drug-likeness (QED) is 0.0495. The summed E-state index contributed by atoms with van der Waals surface area (Å²) in [7, 11) is 2.77. The fourth-order valence-electron chi connectivity index (χ4n) is 6.90. The molecule has 4 aromatic rings. The molecule has 320 valence electrons. The van der Waals surface area contributed by atoms with Gasteiger partial charge >= 0.3 is 18.0 Å². The molecule has 0 fully saturated rings. The summed E-state index contributed by atoms with van der Waals surface area (Å²) in [5.41, 5.74) is 7.32. The second kappa shape index (κ2) is 21.1. The smallest absolute Gasteiger partial charge is 0.407 e. The van der Waals surface area contributed by atoms with Gasteiger partial charge in [-0.15, -0.1) is 0 Å². The molecule has 3 N–H and O–H groups in total. The molecule has 0 radical (unpaired) electrons. The fourth-order valence-corrected chi connectivity index (χ4v) is 6.90. The topological polar surface area (TPSA) is 198 Å². The largest absolute Gasteiger partial charge is 0.482 e. The Morgan fingerprint density at radius 1 is 0.694 bits per heavy atom. The minimum Gasteiger partial charge on any atom is -0.482 e. The summed E-state index contributed by atoms with van der Waals surface area (Å²) in [5.74, 6) is -0.866. The second-order valence-electron chi connectivity index (χ2n) is 13.7. The van der Waals surface area contributed by atoms with Crippen LogP contribution < -0.4 is 26.1 Å².